The van der Waals surface area contributed by atoms with Gasteiger partial charge in [-0.1, -0.05) is 57.4 Å². The summed E-state index contributed by atoms with van der Waals surface area (Å²) in [5.41, 5.74) is 4.91. The summed E-state index contributed by atoms with van der Waals surface area (Å²) in [6.45, 7) is 10.3. The molecule has 0 aromatic rings. The van der Waals surface area contributed by atoms with Crippen molar-refractivity contribution < 1.29 is 19.9 Å². The first-order chi connectivity index (χ1) is 10.7. The minimum absolute atomic E-state index is 0. The van der Waals surface area contributed by atoms with Crippen molar-refractivity contribution in [3.8, 4) is 0 Å². The summed E-state index contributed by atoms with van der Waals surface area (Å²) in [4.78, 5) is 31.2. The molecule has 0 radical (unpaired) electrons. The van der Waals surface area contributed by atoms with Gasteiger partial charge in [0.1, 0.15) is 6.79 Å². The van der Waals surface area contributed by atoms with Crippen LogP contribution in [0.2, 0.25) is 0 Å². The fourth-order valence-corrected chi connectivity index (χ4v) is 0.797. The Balaban J connectivity index is -0.0000000269. The van der Waals surface area contributed by atoms with E-state index in [0.717, 1.165) is 12.8 Å². The van der Waals surface area contributed by atoms with Crippen LogP contribution in [-0.4, -0.2) is 63.8 Å². The molecule has 28 heavy (non-hydrogen) atoms. The number of rotatable bonds is 6. The average Bonchev–Trinajstić information content (AvgIpc) is 2.53. The summed E-state index contributed by atoms with van der Waals surface area (Å²) in [7, 11) is 7.60. The molecule has 0 saturated carbocycles. The van der Waals surface area contributed by atoms with E-state index in [1.165, 1.54) is 0 Å². The van der Waals surface area contributed by atoms with Crippen molar-refractivity contribution in [2.24, 2.45) is 17.6 Å². The molecule has 0 saturated heterocycles. The molecule has 0 rings (SSSR count). The predicted octanol–water partition coefficient (Wildman–Crippen LogP) is 2.56. The lowest BCUT2D eigenvalue weighted by Crippen LogP contribution is -2.36. The monoisotopic (exact) mass is 416 g/mol. The summed E-state index contributed by atoms with van der Waals surface area (Å²) in [5.74, 6) is 0.110. The van der Waals surface area contributed by atoms with Crippen LogP contribution in [0.3, 0.4) is 0 Å². The van der Waals surface area contributed by atoms with E-state index >= 15 is 0 Å². The Kier molecular flexibility index (Phi) is 89.9. The molecule has 180 valence electrons. The molecule has 2 unspecified atom stereocenters. The van der Waals surface area contributed by atoms with Crippen molar-refractivity contribution in [2.45, 2.75) is 70.2 Å². The van der Waals surface area contributed by atoms with Gasteiger partial charge in [-0.3, -0.25) is 14.5 Å². The molecule has 0 aliphatic carbocycles. The third kappa shape index (κ3) is 56.3. The molecule has 2 amide bonds. The van der Waals surface area contributed by atoms with Crippen molar-refractivity contribution in [3.63, 3.8) is 0 Å². The topological polar surface area (TPSA) is 136 Å². The maximum Gasteiger partial charge on any atom is 0.223 e. The number of amides is 2. The zero-order valence-electron chi connectivity index (χ0n) is 16.7. The van der Waals surface area contributed by atoms with Crippen LogP contribution in [0.25, 0.3) is 0 Å². The number of nitrogens with two attached hydrogens (primary N) is 1. The molecule has 0 aliphatic rings. The molecular weight excluding hydrogens is 360 g/mol. The third-order valence-corrected chi connectivity index (χ3v) is 2.73. The van der Waals surface area contributed by atoms with Gasteiger partial charge in [0.05, 0.1) is 6.67 Å². The molecule has 0 aromatic heterocycles. The van der Waals surface area contributed by atoms with Crippen LogP contribution in [0.5, 0.6) is 0 Å². The van der Waals surface area contributed by atoms with E-state index in [9.17, 15) is 9.59 Å². The molecule has 0 aromatic carbocycles. The Bertz CT molecular complexity index is 279. The van der Waals surface area contributed by atoms with Gasteiger partial charge < -0.3 is 26.6 Å². The normalized spacial score (nSPS) is 9.32. The fraction of sp³-hybridized carbons (Fsp3) is 0.850. The molecule has 0 aliphatic heterocycles. The maximum absolute atomic E-state index is 11.1. The largest absolute Gasteiger partial charge is 0.412 e. The second kappa shape index (κ2) is 44.7. The SMILES string of the molecule is C.C.C.C.C=O.CCC(C)C(=O)NCN(C)C.CCC(C)C(N)=O.CNC.O. The van der Waals surface area contributed by atoms with Crippen molar-refractivity contribution in [3.05, 3.63) is 0 Å². The van der Waals surface area contributed by atoms with E-state index in [-0.39, 0.29) is 58.8 Å². The first kappa shape index (κ1) is 56.3. The fourth-order valence-electron chi connectivity index (χ4n) is 0.797. The molecule has 0 spiro atoms. The minimum atomic E-state index is -0.206. The lowest BCUT2D eigenvalue weighted by Gasteiger charge is -2.13. The van der Waals surface area contributed by atoms with Gasteiger partial charge in [-0.15, -0.1) is 0 Å². The van der Waals surface area contributed by atoms with E-state index in [1.807, 2.05) is 67.6 Å². The van der Waals surface area contributed by atoms with Gasteiger partial charge in [-0.05, 0) is 41.0 Å². The quantitative estimate of drug-likeness (QED) is 0.572. The highest BCUT2D eigenvalue weighted by Crippen LogP contribution is 1.98. The molecule has 2 atom stereocenters. The molecule has 6 N–H and O–H groups in total. The van der Waals surface area contributed by atoms with Crippen molar-refractivity contribution in [1.82, 2.24) is 15.5 Å². The summed E-state index contributed by atoms with van der Waals surface area (Å²) in [6.07, 6.45) is 1.74. The van der Waals surface area contributed by atoms with Crippen LogP contribution in [0.4, 0.5) is 0 Å². The van der Waals surface area contributed by atoms with Gasteiger partial charge in [0.15, 0.2) is 0 Å². The van der Waals surface area contributed by atoms with Gasteiger partial charge in [0.25, 0.3) is 0 Å². The van der Waals surface area contributed by atoms with Crippen LogP contribution < -0.4 is 16.4 Å². The molecule has 8 heteroatoms. The van der Waals surface area contributed by atoms with Crippen LogP contribution in [-0.2, 0) is 14.4 Å². The minimum Gasteiger partial charge on any atom is -0.412 e. The highest BCUT2D eigenvalue weighted by molar-refractivity contribution is 5.78. The van der Waals surface area contributed by atoms with E-state index in [2.05, 4.69) is 10.6 Å². The standard InChI is InChI=1S/C8H18N2O.C5H11NO.C2H7N.CH2O.4CH4.H2O/c1-5-7(2)8(11)9-6-10(3)4;1-3-4(2)5(6)7;1-3-2;1-2;;;;;/h7H,5-6H2,1-4H3,(H,9,11);4H,3H2,1-2H3,(H2,6,7);3H,1-2H3;1H2;4*1H4;1H2. The molecule has 0 fully saturated rings. The average molecular weight is 417 g/mol. The number of carbonyl (C=O) groups excluding carboxylic acids is 3. The van der Waals surface area contributed by atoms with E-state index in [4.69, 9.17) is 10.5 Å². The number of nitrogens with one attached hydrogen (secondary N) is 2. The van der Waals surface area contributed by atoms with Crippen molar-refractivity contribution >= 4 is 18.6 Å². The van der Waals surface area contributed by atoms with Crippen LogP contribution in [0.15, 0.2) is 0 Å². The number of nitrogens with zero attached hydrogens (tertiary/aromatic N) is 1. The Morgan fingerprint density at radius 1 is 0.929 bits per heavy atom. The molecular formula is C20H56N4O4. The molecule has 8 nitrogen and oxygen atoms in total. The van der Waals surface area contributed by atoms with E-state index < -0.39 is 0 Å². The lowest BCUT2D eigenvalue weighted by molar-refractivity contribution is -0.125. The Hall–Kier alpha value is -1.51. The number of hydrogen-bond donors (Lipinski definition) is 3. The van der Waals surface area contributed by atoms with Crippen LogP contribution in [0.1, 0.15) is 70.2 Å². The maximum atomic E-state index is 11.1. The van der Waals surface area contributed by atoms with Gasteiger partial charge in [-0.2, -0.15) is 0 Å². The van der Waals surface area contributed by atoms with Gasteiger partial charge in [-0.25, -0.2) is 0 Å². The Morgan fingerprint density at radius 2 is 1.21 bits per heavy atom. The first-order valence-corrected chi connectivity index (χ1v) is 7.76. The second-order valence-corrected chi connectivity index (χ2v) is 5.30. The highest BCUT2D eigenvalue weighted by Gasteiger charge is 2.08. The van der Waals surface area contributed by atoms with E-state index in [0.29, 0.717) is 6.67 Å². The Labute approximate surface area is 177 Å². The number of primary amides is 1. The molecule has 0 heterocycles. The smallest absolute Gasteiger partial charge is 0.223 e. The summed E-state index contributed by atoms with van der Waals surface area (Å²) in [5, 5.41) is 5.57. The van der Waals surface area contributed by atoms with Gasteiger partial charge >= 0.3 is 0 Å². The Morgan fingerprint density at radius 3 is 1.36 bits per heavy atom. The van der Waals surface area contributed by atoms with Crippen molar-refractivity contribution in [2.75, 3.05) is 34.9 Å². The second-order valence-electron chi connectivity index (χ2n) is 5.30. The summed E-state index contributed by atoms with van der Waals surface area (Å²) in [6, 6.07) is 0. The van der Waals surface area contributed by atoms with Gasteiger partial charge in [0.2, 0.25) is 11.8 Å². The summed E-state index contributed by atoms with van der Waals surface area (Å²) < 4.78 is 0. The summed E-state index contributed by atoms with van der Waals surface area (Å²) >= 11 is 0. The highest BCUT2D eigenvalue weighted by atomic mass is 16.2. The van der Waals surface area contributed by atoms with Crippen LogP contribution >= 0.6 is 0 Å². The van der Waals surface area contributed by atoms with Gasteiger partial charge in [0, 0.05) is 11.8 Å². The van der Waals surface area contributed by atoms with Crippen LogP contribution in [0, 0.1) is 11.8 Å². The zero-order chi connectivity index (χ0) is 19.4. The zero-order valence-corrected chi connectivity index (χ0v) is 16.7. The lowest BCUT2D eigenvalue weighted by atomic mass is 10.1. The number of hydrogen-bond acceptors (Lipinski definition) is 5. The number of carbonyl (C=O) groups is 3. The predicted molar refractivity (Wildman–Crippen MR) is 127 cm³/mol. The van der Waals surface area contributed by atoms with Crippen molar-refractivity contribution in [1.29, 1.82) is 0 Å². The first-order valence-electron chi connectivity index (χ1n) is 7.76. The third-order valence-electron chi connectivity index (χ3n) is 2.73. The van der Waals surface area contributed by atoms with E-state index in [1.54, 1.807) is 0 Å². The molecule has 0 bridgehead atoms.